The standard InChI is InChI=1S/C22H32O2/c1-2-3-4-5-6-7-8-9-10-11-12-13-14-15-16-17-18-19-20-21-22(23)24/h3-4,6-7,9-10,12-13,15-16,18-19H,2,5,8,11,14,17,20-21H2,1H3,(H,23,24)/i1D3,2D2,3D,4D,5D2,6D,7D,8D2,9D,10D,11D2,12D,13D,14D2,15D,16D,17D2,18D,19D,20D2,21D2. The molecule has 0 aromatic carbocycles. The fraction of sp³-hybridized carbons (Fsp3) is 0.409. The molecular formula is C22H32O2. The van der Waals surface area contributed by atoms with E-state index in [1.54, 1.807) is 0 Å². The van der Waals surface area contributed by atoms with Gasteiger partial charge in [-0.15, -0.1) is 0 Å². The monoisotopic (exact) mass is 359 g/mol. The van der Waals surface area contributed by atoms with Crippen molar-refractivity contribution in [3.05, 3.63) is 72.6 Å². The lowest BCUT2D eigenvalue weighted by atomic mass is 10.2. The first-order valence-electron chi connectivity index (χ1n) is 21.2. The van der Waals surface area contributed by atoms with Crippen LogP contribution in [-0.4, -0.2) is 11.1 Å². The molecule has 0 heterocycles. The van der Waals surface area contributed by atoms with Gasteiger partial charge in [0.15, 0.2) is 0 Å². The minimum Gasteiger partial charge on any atom is -0.481 e. The second-order valence-corrected chi connectivity index (χ2v) is 2.81. The molecule has 1 N–H and O–H groups in total. The smallest absolute Gasteiger partial charge is 0.303 e. The summed E-state index contributed by atoms with van der Waals surface area (Å²) in [4.78, 5) is 11.2. The van der Waals surface area contributed by atoms with Crippen LogP contribution < -0.4 is 0 Å². The second-order valence-electron chi connectivity index (χ2n) is 2.81. The zero-order valence-electron chi connectivity index (χ0n) is 42.9. The number of hydrogen-bond donors (Lipinski definition) is 1. The Kier molecular flexibility index (Phi) is 2.81. The summed E-state index contributed by atoms with van der Waals surface area (Å²) < 4.78 is 242. The summed E-state index contributed by atoms with van der Waals surface area (Å²) in [7, 11) is 0. The first kappa shape index (κ1) is 3.56. The molecule has 0 aliphatic carbocycles. The second kappa shape index (κ2) is 19.0. The van der Waals surface area contributed by atoms with Crippen molar-refractivity contribution in [2.45, 2.75) is 57.8 Å². The highest BCUT2D eigenvalue weighted by Crippen LogP contribution is 1.97. The van der Waals surface area contributed by atoms with Crippen LogP contribution in [0.4, 0.5) is 0 Å². The molecule has 0 amide bonds. The number of allylic oxidation sites excluding steroid dienone is 12. The van der Waals surface area contributed by atoms with E-state index >= 15 is 0 Å². The molecule has 2 heteroatoms. The van der Waals surface area contributed by atoms with Gasteiger partial charge in [0, 0.05) is 32.4 Å². The molecule has 0 aromatic rings. The molecule has 0 fully saturated rings. The normalized spacial score (nSPS) is 42.1. The van der Waals surface area contributed by atoms with Crippen LogP contribution in [0.15, 0.2) is 72.6 Å². The average Bonchev–Trinajstić information content (AvgIpc) is 3.06. The zero-order valence-corrected chi connectivity index (χ0v) is 11.9. The van der Waals surface area contributed by atoms with Crippen molar-refractivity contribution in [2.24, 2.45) is 0 Å². The maximum absolute atomic E-state index is 11.2. The van der Waals surface area contributed by atoms with E-state index in [0.29, 0.717) is 0 Å². The van der Waals surface area contributed by atoms with Crippen LogP contribution in [0.3, 0.4) is 0 Å². The molecule has 0 rings (SSSR count). The number of rotatable bonds is 14. The van der Waals surface area contributed by atoms with Crippen molar-refractivity contribution in [2.75, 3.05) is 0 Å². The minimum absolute atomic E-state index is 1.85. The van der Waals surface area contributed by atoms with Gasteiger partial charge >= 0.3 is 5.97 Å². The Hall–Kier alpha value is -2.09. The SMILES string of the molecule is [2H]C(=C([2H])C([2H])([2H])C([2H])=C([2H])C([2H])([2H])C([2H])=C([2H])C([2H])([2H])C([2H])([2H])[2H])C([2H])([2H])C([2H])=C([2H])C([2H])([2H])C([2H])=C([2H])C([2H])([2H])C([2H])=C([2H])C([2H])([2H])C([2H])([2H])C(=O)O. The van der Waals surface area contributed by atoms with Crippen molar-refractivity contribution in [3.8, 4) is 0 Å². The van der Waals surface area contributed by atoms with Gasteiger partial charge in [0.05, 0.1) is 16.4 Å². The van der Waals surface area contributed by atoms with Gasteiger partial charge in [-0.05, 0) is 44.6 Å². The Morgan fingerprint density at radius 1 is 0.792 bits per heavy atom. The van der Waals surface area contributed by atoms with E-state index in [1.165, 1.54) is 0 Å². The largest absolute Gasteiger partial charge is 0.481 e. The highest BCUT2D eigenvalue weighted by molar-refractivity contribution is 5.66. The summed E-state index contributed by atoms with van der Waals surface area (Å²) in [6.07, 6.45) is -31.3. The van der Waals surface area contributed by atoms with Gasteiger partial charge in [-0.25, -0.2) is 0 Å². The van der Waals surface area contributed by atoms with Crippen LogP contribution in [0, 0.1) is 0 Å². The molecule has 0 saturated heterocycles. The van der Waals surface area contributed by atoms with Crippen molar-refractivity contribution < 1.29 is 52.4 Å². The van der Waals surface area contributed by atoms with Gasteiger partial charge in [0.2, 0.25) is 0 Å². The number of carbonyl (C=O) groups is 1. The summed E-state index contributed by atoms with van der Waals surface area (Å²) in [5.41, 5.74) is 0. The van der Waals surface area contributed by atoms with Gasteiger partial charge < -0.3 is 5.11 Å². The van der Waals surface area contributed by atoms with Gasteiger partial charge in [0.1, 0.15) is 0 Å². The van der Waals surface area contributed by atoms with E-state index in [0.717, 1.165) is 0 Å². The van der Waals surface area contributed by atoms with Crippen LogP contribution in [0.25, 0.3) is 0 Å². The van der Waals surface area contributed by atoms with E-state index in [9.17, 15) is 4.79 Å². The topological polar surface area (TPSA) is 37.3 Å². The van der Waals surface area contributed by atoms with Gasteiger partial charge in [0.25, 0.3) is 0 Å². The molecule has 0 atom stereocenters. The maximum Gasteiger partial charge on any atom is 0.303 e. The lowest BCUT2D eigenvalue weighted by molar-refractivity contribution is -0.136. The fourth-order valence-corrected chi connectivity index (χ4v) is 0.616. The average molecular weight is 360 g/mol. The molecule has 0 aromatic heterocycles. The molecule has 0 unspecified atom stereocenters. The summed E-state index contributed by atoms with van der Waals surface area (Å²) in [5, 5.41) is 8.98. The maximum atomic E-state index is 11.2. The first-order valence-corrected chi connectivity index (χ1v) is 5.68. The van der Waals surface area contributed by atoms with Crippen molar-refractivity contribution in [3.63, 3.8) is 0 Å². The Morgan fingerprint density at radius 3 is 1.54 bits per heavy atom. The molecule has 0 bridgehead atoms. The quantitative estimate of drug-likeness (QED) is 0.357. The van der Waals surface area contributed by atoms with Crippen molar-refractivity contribution >= 4 is 5.97 Å². The van der Waals surface area contributed by atoms with E-state index < -0.39 is 136 Å². The summed E-state index contributed by atoms with van der Waals surface area (Å²) in [6.45, 7) is -3.65. The predicted octanol–water partition coefficient (Wildman–Crippen LogP) is 6.55. The molecule has 0 aliphatic heterocycles. The Labute approximate surface area is 191 Å². The molecule has 132 valence electrons. The number of aliphatic carboxylic acids is 1. The predicted molar refractivity (Wildman–Crippen MR) is 105 cm³/mol. The van der Waals surface area contributed by atoms with Crippen LogP contribution in [0.5, 0.6) is 0 Å². The lowest BCUT2D eigenvalue weighted by Gasteiger charge is -1.87. The van der Waals surface area contributed by atoms with E-state index in [4.69, 9.17) is 47.6 Å². The zero-order chi connectivity index (χ0) is 45.0. The number of carboxylic acids is 1. The van der Waals surface area contributed by atoms with Crippen LogP contribution >= 0.6 is 0 Å². The Morgan fingerprint density at radius 2 is 1.17 bits per heavy atom. The molecule has 24 heavy (non-hydrogen) atoms. The van der Waals surface area contributed by atoms with Gasteiger partial charge in [-0.2, -0.15) is 0 Å². The third-order valence-electron chi connectivity index (χ3n) is 1.29. The van der Waals surface area contributed by atoms with Crippen LogP contribution in [0.2, 0.25) is 0 Å². The van der Waals surface area contributed by atoms with Gasteiger partial charge in [-0.3, -0.25) is 4.79 Å². The lowest BCUT2D eigenvalue weighted by Crippen LogP contribution is -1.91. The van der Waals surface area contributed by atoms with Gasteiger partial charge in [-0.1, -0.05) is 79.5 Å². The van der Waals surface area contributed by atoms with Crippen molar-refractivity contribution in [1.82, 2.24) is 0 Å². The molecular weight excluding hydrogens is 296 g/mol. The molecule has 2 nitrogen and oxygen atoms in total. The van der Waals surface area contributed by atoms with E-state index in [2.05, 4.69) is 0 Å². The molecule has 0 aliphatic rings. The number of carboxylic acid groups (broad SMARTS) is 1. The summed E-state index contributed by atoms with van der Waals surface area (Å²) in [5.74, 6) is -2.49. The summed E-state index contributed by atoms with van der Waals surface area (Å²) in [6, 6.07) is -23.8. The summed E-state index contributed by atoms with van der Waals surface area (Å²) >= 11 is 0. The highest BCUT2D eigenvalue weighted by Gasteiger charge is 1.90. The fourth-order valence-electron chi connectivity index (χ4n) is 0.616. The van der Waals surface area contributed by atoms with E-state index in [-0.39, 0.29) is 0 Å². The van der Waals surface area contributed by atoms with Crippen LogP contribution in [-0.2, 0) is 4.79 Å². The minimum atomic E-state index is -3.99. The Balaban J connectivity index is 7.53. The molecule has 0 spiro atoms. The molecule has 0 radical (unpaired) electrons. The number of hydrogen-bond acceptors (Lipinski definition) is 1. The first-order chi connectivity index (χ1) is 23.8. The van der Waals surface area contributed by atoms with Crippen LogP contribution in [0.1, 0.15) is 100 Å². The van der Waals surface area contributed by atoms with E-state index in [1.807, 2.05) is 0 Å². The van der Waals surface area contributed by atoms with Crippen molar-refractivity contribution in [1.29, 1.82) is 0 Å². The third-order valence-corrected chi connectivity index (χ3v) is 1.29. The third kappa shape index (κ3) is 19.9. The Bertz CT molecular complexity index is 1730. The highest BCUT2D eigenvalue weighted by atomic mass is 16.4. The molecule has 0 saturated carbocycles.